The normalized spacial score (nSPS) is 20.7. The molecule has 1 amide bonds. The van der Waals surface area contributed by atoms with Crippen molar-refractivity contribution in [2.24, 2.45) is 0 Å². The van der Waals surface area contributed by atoms with Crippen molar-refractivity contribution >= 4 is 18.0 Å². The molecular weight excluding hydrogens is 318 g/mol. The van der Waals surface area contributed by atoms with E-state index in [0.29, 0.717) is 0 Å². The standard InChI is InChI=1S/C16H25NO7/c1-8-23-12-9(2)17(15(20)24-16(3,4)5)11(14(19)22-7)10(12)13(18)21-6/h9,11H,8H2,1-7H3/t9-,11-/m0/s1. The van der Waals surface area contributed by atoms with Gasteiger partial charge in [-0.15, -0.1) is 0 Å². The predicted octanol–water partition coefficient (Wildman–Crippen LogP) is 1.63. The first kappa shape index (κ1) is 19.8. The maximum Gasteiger partial charge on any atom is 0.411 e. The van der Waals surface area contributed by atoms with Gasteiger partial charge in [0.25, 0.3) is 0 Å². The zero-order chi connectivity index (χ0) is 18.7. The third-order valence-electron chi connectivity index (χ3n) is 3.35. The van der Waals surface area contributed by atoms with Gasteiger partial charge in [-0.2, -0.15) is 0 Å². The Morgan fingerprint density at radius 1 is 1.12 bits per heavy atom. The molecule has 0 N–H and O–H groups in total. The van der Waals surface area contributed by atoms with Gasteiger partial charge in [0, 0.05) is 0 Å². The smallest absolute Gasteiger partial charge is 0.411 e. The lowest BCUT2D eigenvalue weighted by atomic mass is 10.1. The zero-order valence-electron chi connectivity index (χ0n) is 15.2. The fourth-order valence-electron chi connectivity index (χ4n) is 2.45. The van der Waals surface area contributed by atoms with Crippen molar-refractivity contribution in [3.05, 3.63) is 11.3 Å². The van der Waals surface area contributed by atoms with Crippen LogP contribution in [-0.4, -0.2) is 61.4 Å². The molecule has 1 aliphatic heterocycles. The summed E-state index contributed by atoms with van der Waals surface area (Å²) in [5.41, 5.74) is -0.818. The Morgan fingerprint density at radius 2 is 1.71 bits per heavy atom. The van der Waals surface area contributed by atoms with Crippen LogP contribution in [0.2, 0.25) is 0 Å². The van der Waals surface area contributed by atoms with Crippen molar-refractivity contribution in [1.29, 1.82) is 0 Å². The van der Waals surface area contributed by atoms with E-state index in [2.05, 4.69) is 0 Å². The summed E-state index contributed by atoms with van der Waals surface area (Å²) >= 11 is 0. The Morgan fingerprint density at radius 3 is 2.12 bits per heavy atom. The van der Waals surface area contributed by atoms with Crippen LogP contribution < -0.4 is 0 Å². The van der Waals surface area contributed by atoms with Crippen LogP contribution in [0.4, 0.5) is 4.79 Å². The first-order valence-corrected chi connectivity index (χ1v) is 7.63. The van der Waals surface area contributed by atoms with Gasteiger partial charge in [0.1, 0.15) is 16.9 Å². The monoisotopic (exact) mass is 343 g/mol. The minimum atomic E-state index is -1.28. The molecule has 1 aliphatic rings. The highest BCUT2D eigenvalue weighted by molar-refractivity contribution is 6.01. The average molecular weight is 343 g/mol. The van der Waals surface area contributed by atoms with Gasteiger partial charge in [-0.1, -0.05) is 0 Å². The van der Waals surface area contributed by atoms with Crippen LogP contribution in [0.15, 0.2) is 11.3 Å². The molecule has 0 aromatic heterocycles. The van der Waals surface area contributed by atoms with E-state index in [9.17, 15) is 14.4 Å². The Labute approximate surface area is 141 Å². The quantitative estimate of drug-likeness (QED) is 0.566. The van der Waals surface area contributed by atoms with Crippen LogP contribution in [-0.2, 0) is 28.5 Å². The molecule has 0 aromatic rings. The molecule has 0 unspecified atom stereocenters. The van der Waals surface area contributed by atoms with Crippen molar-refractivity contribution in [1.82, 2.24) is 4.90 Å². The summed E-state index contributed by atoms with van der Waals surface area (Å²) in [5, 5.41) is 0. The first-order chi connectivity index (χ1) is 11.1. The summed E-state index contributed by atoms with van der Waals surface area (Å²) < 4.78 is 20.4. The van der Waals surface area contributed by atoms with Crippen LogP contribution in [0, 0.1) is 0 Å². The van der Waals surface area contributed by atoms with Crippen LogP contribution in [0.5, 0.6) is 0 Å². The number of hydrogen-bond acceptors (Lipinski definition) is 7. The molecule has 0 saturated carbocycles. The Bertz CT molecular complexity index is 547. The number of nitrogens with zero attached hydrogens (tertiary/aromatic N) is 1. The molecule has 8 heteroatoms. The topological polar surface area (TPSA) is 91.4 Å². The van der Waals surface area contributed by atoms with Gasteiger partial charge in [0.15, 0.2) is 6.04 Å². The Balaban J connectivity index is 3.38. The van der Waals surface area contributed by atoms with Crippen molar-refractivity contribution in [3.63, 3.8) is 0 Å². The lowest BCUT2D eigenvalue weighted by Crippen LogP contribution is -2.49. The Hall–Kier alpha value is -2.25. The van der Waals surface area contributed by atoms with Gasteiger partial charge >= 0.3 is 18.0 Å². The van der Waals surface area contributed by atoms with E-state index in [-0.39, 0.29) is 17.9 Å². The number of esters is 2. The van der Waals surface area contributed by atoms with Crippen LogP contribution >= 0.6 is 0 Å². The summed E-state index contributed by atoms with van der Waals surface area (Å²) in [7, 11) is 2.36. The van der Waals surface area contributed by atoms with E-state index in [1.54, 1.807) is 34.6 Å². The number of rotatable bonds is 4. The first-order valence-electron chi connectivity index (χ1n) is 7.63. The number of ether oxygens (including phenoxy) is 4. The number of methoxy groups -OCH3 is 2. The highest BCUT2D eigenvalue weighted by Gasteiger charge is 2.51. The minimum absolute atomic E-state index is 0.0513. The molecule has 0 aliphatic carbocycles. The lowest BCUT2D eigenvalue weighted by molar-refractivity contribution is -0.148. The molecule has 2 atom stereocenters. The van der Waals surface area contributed by atoms with E-state index in [1.807, 2.05) is 0 Å². The molecule has 24 heavy (non-hydrogen) atoms. The van der Waals surface area contributed by atoms with Crippen molar-refractivity contribution < 1.29 is 33.3 Å². The number of carbonyl (C=O) groups is 3. The molecule has 1 heterocycles. The summed E-state index contributed by atoms with van der Waals surface area (Å²) in [6.07, 6.45) is -0.749. The largest absolute Gasteiger partial charge is 0.495 e. The molecular formula is C16H25NO7. The predicted molar refractivity (Wildman–Crippen MR) is 84.0 cm³/mol. The van der Waals surface area contributed by atoms with E-state index in [1.165, 1.54) is 14.2 Å². The summed E-state index contributed by atoms with van der Waals surface area (Å²) in [5.74, 6) is -1.33. The van der Waals surface area contributed by atoms with Gasteiger partial charge in [0.05, 0.1) is 26.9 Å². The number of hydrogen-bond donors (Lipinski definition) is 0. The van der Waals surface area contributed by atoms with E-state index in [0.717, 1.165) is 4.90 Å². The van der Waals surface area contributed by atoms with Gasteiger partial charge < -0.3 is 18.9 Å². The van der Waals surface area contributed by atoms with Crippen LogP contribution in [0.1, 0.15) is 34.6 Å². The van der Waals surface area contributed by atoms with Crippen LogP contribution in [0.25, 0.3) is 0 Å². The summed E-state index contributed by atoms with van der Waals surface area (Å²) in [6.45, 7) is 8.75. The molecule has 136 valence electrons. The second kappa shape index (κ2) is 7.55. The van der Waals surface area contributed by atoms with Crippen molar-refractivity contribution in [2.45, 2.75) is 52.3 Å². The van der Waals surface area contributed by atoms with E-state index in [4.69, 9.17) is 18.9 Å². The molecule has 0 fully saturated rings. The highest BCUT2D eigenvalue weighted by Crippen LogP contribution is 2.34. The summed E-state index contributed by atoms with van der Waals surface area (Å²) in [6, 6.07) is -1.97. The van der Waals surface area contributed by atoms with E-state index < -0.39 is 35.7 Å². The third kappa shape index (κ3) is 3.98. The summed E-state index contributed by atoms with van der Waals surface area (Å²) in [4.78, 5) is 38.1. The third-order valence-corrected chi connectivity index (χ3v) is 3.35. The SMILES string of the molecule is CCOC1=C(C(=O)OC)[C@@H](C(=O)OC)N(C(=O)OC(C)(C)C)[C@H]1C. The number of carbonyl (C=O) groups excluding carboxylic acids is 3. The zero-order valence-corrected chi connectivity index (χ0v) is 15.2. The highest BCUT2D eigenvalue weighted by atomic mass is 16.6. The van der Waals surface area contributed by atoms with Crippen LogP contribution in [0.3, 0.4) is 0 Å². The Kier molecular flexibility index (Phi) is 6.22. The fourth-order valence-corrected chi connectivity index (χ4v) is 2.45. The molecule has 0 bridgehead atoms. The number of amides is 1. The fraction of sp³-hybridized carbons (Fsp3) is 0.688. The molecule has 8 nitrogen and oxygen atoms in total. The molecule has 0 radical (unpaired) electrons. The second-order valence-electron chi connectivity index (χ2n) is 6.19. The maximum absolute atomic E-state index is 12.6. The van der Waals surface area contributed by atoms with E-state index >= 15 is 0 Å². The van der Waals surface area contributed by atoms with Gasteiger partial charge in [0.2, 0.25) is 0 Å². The lowest BCUT2D eigenvalue weighted by Gasteiger charge is -2.30. The second-order valence-corrected chi connectivity index (χ2v) is 6.19. The van der Waals surface area contributed by atoms with Crippen molar-refractivity contribution in [2.75, 3.05) is 20.8 Å². The molecule has 0 aromatic carbocycles. The van der Waals surface area contributed by atoms with Crippen molar-refractivity contribution in [3.8, 4) is 0 Å². The minimum Gasteiger partial charge on any atom is -0.495 e. The molecule has 0 spiro atoms. The van der Waals surface area contributed by atoms with Gasteiger partial charge in [-0.25, -0.2) is 14.4 Å². The van der Waals surface area contributed by atoms with Gasteiger partial charge in [-0.05, 0) is 34.6 Å². The van der Waals surface area contributed by atoms with Gasteiger partial charge in [-0.3, -0.25) is 4.90 Å². The molecule has 0 saturated heterocycles. The molecule has 1 rings (SSSR count). The average Bonchev–Trinajstić information content (AvgIpc) is 2.77. The maximum atomic E-state index is 12.6.